The zero-order valence-corrected chi connectivity index (χ0v) is 16.1. The predicted octanol–water partition coefficient (Wildman–Crippen LogP) is 1.72. The van der Waals surface area contributed by atoms with Crippen molar-refractivity contribution in [2.75, 3.05) is 32.6 Å². The third-order valence-corrected chi connectivity index (χ3v) is 6.95. The van der Waals surface area contributed by atoms with E-state index in [1.54, 1.807) is 13.2 Å². The second-order valence-electron chi connectivity index (χ2n) is 7.27. The van der Waals surface area contributed by atoms with Crippen molar-refractivity contribution in [2.45, 2.75) is 43.0 Å². The van der Waals surface area contributed by atoms with Crippen LogP contribution in [0.3, 0.4) is 0 Å². The van der Waals surface area contributed by atoms with E-state index < -0.39 is 10.0 Å². The molecule has 1 aromatic carbocycles. The summed E-state index contributed by atoms with van der Waals surface area (Å²) in [6.07, 6.45) is 6.16. The molecular weight excluding hydrogens is 354 g/mol. The first-order chi connectivity index (χ1) is 12.4. The average Bonchev–Trinajstić information content (AvgIpc) is 2.56. The molecule has 0 unspecified atom stereocenters. The average molecular weight is 381 g/mol. The molecule has 8 heteroatoms. The minimum Gasteiger partial charge on any atom is -0.383 e. The maximum atomic E-state index is 12.6. The highest BCUT2D eigenvalue weighted by molar-refractivity contribution is 7.89. The molecule has 1 spiro atoms. The van der Waals surface area contributed by atoms with Crippen LogP contribution < -0.4 is 15.4 Å². The Bertz CT molecular complexity index is 767. The summed E-state index contributed by atoms with van der Waals surface area (Å²) in [4.78, 5) is 12.6. The predicted molar refractivity (Wildman–Crippen MR) is 99.8 cm³/mol. The van der Waals surface area contributed by atoms with Crippen LogP contribution in [0.15, 0.2) is 23.1 Å². The first-order valence-corrected chi connectivity index (χ1v) is 10.5. The second kappa shape index (κ2) is 7.54. The van der Waals surface area contributed by atoms with E-state index in [0.29, 0.717) is 35.9 Å². The molecule has 0 aliphatic heterocycles. The molecule has 144 valence electrons. The molecule has 0 bridgehead atoms. The van der Waals surface area contributed by atoms with E-state index in [1.165, 1.54) is 38.4 Å². The van der Waals surface area contributed by atoms with E-state index in [1.807, 2.05) is 0 Å². The van der Waals surface area contributed by atoms with Gasteiger partial charge < -0.3 is 15.4 Å². The third kappa shape index (κ3) is 3.87. The monoisotopic (exact) mass is 381 g/mol. The molecule has 7 nitrogen and oxygen atoms in total. The van der Waals surface area contributed by atoms with E-state index in [-0.39, 0.29) is 10.8 Å². The van der Waals surface area contributed by atoms with Gasteiger partial charge in [0.25, 0.3) is 5.91 Å². The van der Waals surface area contributed by atoms with Gasteiger partial charge in [-0.25, -0.2) is 13.1 Å². The number of sulfonamides is 1. The van der Waals surface area contributed by atoms with Crippen LogP contribution in [0.1, 0.15) is 42.5 Å². The van der Waals surface area contributed by atoms with E-state index in [4.69, 9.17) is 4.74 Å². The fourth-order valence-corrected chi connectivity index (χ4v) is 4.63. The number of rotatable bonds is 8. The molecule has 2 aliphatic rings. The number of hydrogen-bond acceptors (Lipinski definition) is 5. The molecule has 2 aliphatic carbocycles. The largest absolute Gasteiger partial charge is 0.383 e. The maximum Gasteiger partial charge on any atom is 0.253 e. The molecule has 3 rings (SSSR count). The van der Waals surface area contributed by atoms with Crippen molar-refractivity contribution in [1.29, 1.82) is 0 Å². The van der Waals surface area contributed by atoms with Crippen molar-refractivity contribution in [3.63, 3.8) is 0 Å². The molecule has 1 amide bonds. The van der Waals surface area contributed by atoms with Gasteiger partial charge in [0.15, 0.2) is 0 Å². The highest BCUT2D eigenvalue weighted by Crippen LogP contribution is 2.56. The van der Waals surface area contributed by atoms with Crippen LogP contribution in [0.4, 0.5) is 5.69 Å². The molecule has 2 saturated carbocycles. The molecule has 0 heterocycles. The summed E-state index contributed by atoms with van der Waals surface area (Å²) >= 11 is 0. The van der Waals surface area contributed by atoms with Gasteiger partial charge in [-0.1, -0.05) is 6.42 Å². The van der Waals surface area contributed by atoms with Gasteiger partial charge in [-0.05, 0) is 56.3 Å². The lowest BCUT2D eigenvalue weighted by atomic mass is 9.54. The summed E-state index contributed by atoms with van der Waals surface area (Å²) in [5, 5.41) is 6.20. The van der Waals surface area contributed by atoms with Crippen molar-refractivity contribution in [3.05, 3.63) is 23.8 Å². The van der Waals surface area contributed by atoms with Gasteiger partial charge in [-0.3, -0.25) is 4.79 Å². The van der Waals surface area contributed by atoms with Crippen molar-refractivity contribution < 1.29 is 17.9 Å². The summed E-state index contributed by atoms with van der Waals surface area (Å²) in [6, 6.07) is 4.97. The SMILES string of the molecule is CNS(=O)(=O)c1ccc(NC2CC3(CCC3)C2)c(C(=O)NCCOC)c1. The molecular formula is C18H27N3O4S. The summed E-state index contributed by atoms with van der Waals surface area (Å²) in [7, 11) is -0.697. The highest BCUT2D eigenvalue weighted by Gasteiger charge is 2.48. The topological polar surface area (TPSA) is 96.5 Å². The van der Waals surface area contributed by atoms with Crippen LogP contribution in [-0.2, 0) is 14.8 Å². The summed E-state index contributed by atoms with van der Waals surface area (Å²) in [5.41, 5.74) is 1.54. The van der Waals surface area contributed by atoms with Crippen LogP contribution >= 0.6 is 0 Å². The number of anilines is 1. The number of benzene rings is 1. The van der Waals surface area contributed by atoms with Gasteiger partial charge in [0, 0.05) is 25.4 Å². The fraction of sp³-hybridized carbons (Fsp3) is 0.611. The number of amides is 1. The molecule has 0 saturated heterocycles. The highest BCUT2D eigenvalue weighted by atomic mass is 32.2. The van der Waals surface area contributed by atoms with Crippen LogP contribution in [0.5, 0.6) is 0 Å². The summed E-state index contributed by atoms with van der Waals surface area (Å²) in [6.45, 7) is 0.762. The zero-order chi connectivity index (χ0) is 18.8. The molecule has 0 radical (unpaired) electrons. The van der Waals surface area contributed by atoms with Crippen LogP contribution in [0, 0.1) is 5.41 Å². The second-order valence-corrected chi connectivity index (χ2v) is 9.15. The van der Waals surface area contributed by atoms with Gasteiger partial charge in [0.05, 0.1) is 17.1 Å². The Hall–Kier alpha value is -1.64. The Morgan fingerprint density at radius 3 is 2.62 bits per heavy atom. The molecule has 0 aromatic heterocycles. The Morgan fingerprint density at radius 1 is 1.31 bits per heavy atom. The molecule has 2 fully saturated rings. The Labute approximate surface area is 154 Å². The lowest BCUT2D eigenvalue weighted by molar-refractivity contribution is 0.0192. The standard InChI is InChI=1S/C18H27N3O4S/c1-19-26(23,24)14-4-5-16(15(10-14)17(22)20-8-9-25-2)21-13-11-18(12-13)6-3-7-18/h4-5,10,13,19,21H,3,6-9,11-12H2,1-2H3,(H,20,22). The van der Waals surface area contributed by atoms with Gasteiger partial charge in [0.1, 0.15) is 0 Å². The minimum absolute atomic E-state index is 0.0755. The van der Waals surface area contributed by atoms with Gasteiger partial charge in [0.2, 0.25) is 10.0 Å². The van der Waals surface area contributed by atoms with Crippen molar-refractivity contribution in [3.8, 4) is 0 Å². The lowest BCUT2D eigenvalue weighted by Crippen LogP contribution is -2.49. The summed E-state index contributed by atoms with van der Waals surface area (Å²) in [5.74, 6) is -0.310. The number of ether oxygens (including phenoxy) is 1. The number of nitrogens with one attached hydrogen (secondary N) is 3. The van der Waals surface area contributed by atoms with E-state index in [0.717, 1.165) is 12.8 Å². The number of hydrogen-bond donors (Lipinski definition) is 3. The normalized spacial score (nSPS) is 18.8. The Morgan fingerprint density at radius 2 is 2.04 bits per heavy atom. The number of carbonyl (C=O) groups is 1. The Balaban J connectivity index is 1.78. The third-order valence-electron chi connectivity index (χ3n) is 5.54. The first-order valence-electron chi connectivity index (χ1n) is 9.00. The van der Waals surface area contributed by atoms with E-state index >= 15 is 0 Å². The van der Waals surface area contributed by atoms with Gasteiger partial charge >= 0.3 is 0 Å². The van der Waals surface area contributed by atoms with E-state index in [2.05, 4.69) is 15.4 Å². The Kier molecular flexibility index (Phi) is 5.55. The number of carbonyl (C=O) groups excluding carboxylic acids is 1. The zero-order valence-electron chi connectivity index (χ0n) is 15.3. The smallest absolute Gasteiger partial charge is 0.253 e. The summed E-state index contributed by atoms with van der Waals surface area (Å²) < 4.78 is 31.4. The van der Waals surface area contributed by atoms with Crippen molar-refractivity contribution in [1.82, 2.24) is 10.0 Å². The van der Waals surface area contributed by atoms with Crippen LogP contribution in [0.2, 0.25) is 0 Å². The molecule has 26 heavy (non-hydrogen) atoms. The van der Waals surface area contributed by atoms with Gasteiger partial charge in [-0.15, -0.1) is 0 Å². The molecule has 0 atom stereocenters. The quantitative estimate of drug-likeness (QED) is 0.596. The van der Waals surface area contributed by atoms with Crippen molar-refractivity contribution >= 4 is 21.6 Å². The fourth-order valence-electron chi connectivity index (χ4n) is 3.88. The first kappa shape index (κ1) is 19.1. The van der Waals surface area contributed by atoms with Crippen LogP contribution in [0.25, 0.3) is 0 Å². The van der Waals surface area contributed by atoms with Crippen LogP contribution in [-0.4, -0.2) is 47.7 Å². The van der Waals surface area contributed by atoms with E-state index in [9.17, 15) is 13.2 Å². The lowest BCUT2D eigenvalue weighted by Gasteiger charge is -2.54. The molecule has 3 N–H and O–H groups in total. The molecule has 1 aromatic rings. The minimum atomic E-state index is -3.61. The number of methoxy groups -OCH3 is 1. The van der Waals surface area contributed by atoms with Crippen molar-refractivity contribution in [2.24, 2.45) is 5.41 Å². The van der Waals surface area contributed by atoms with Gasteiger partial charge in [-0.2, -0.15) is 0 Å². The maximum absolute atomic E-state index is 12.6.